The molecule has 0 spiro atoms. The third-order valence-electron chi connectivity index (χ3n) is 2.96. The van der Waals surface area contributed by atoms with Crippen molar-refractivity contribution in [1.82, 2.24) is 10.6 Å². The van der Waals surface area contributed by atoms with Gasteiger partial charge in [-0.1, -0.05) is 42.5 Å². The molecule has 3 nitrogen and oxygen atoms in total. The topological polar surface area (TPSA) is 41.1 Å². The minimum atomic E-state index is -0.175. The first kappa shape index (κ1) is 13.5. The molecule has 2 N–H and O–H groups in total. The molecule has 1 aromatic rings. The number of ketones is 1. The van der Waals surface area contributed by atoms with E-state index >= 15 is 0 Å². The maximum Gasteiger partial charge on any atom is 0.171 e. The van der Waals surface area contributed by atoms with Crippen molar-refractivity contribution in [2.24, 2.45) is 0 Å². The summed E-state index contributed by atoms with van der Waals surface area (Å²) in [6.07, 6.45) is 3.95. The Morgan fingerprint density at radius 3 is 2.63 bits per heavy atom. The van der Waals surface area contributed by atoms with Crippen molar-refractivity contribution in [3.05, 3.63) is 53.2 Å². The molecule has 1 aliphatic rings. The molecular formula is C15H16N2OS. The zero-order valence-electron chi connectivity index (χ0n) is 10.9. The molecular weight excluding hydrogens is 256 g/mol. The smallest absolute Gasteiger partial charge is 0.171 e. The van der Waals surface area contributed by atoms with Crippen molar-refractivity contribution in [3.8, 4) is 0 Å². The fourth-order valence-electron chi connectivity index (χ4n) is 2.12. The van der Waals surface area contributed by atoms with Crippen molar-refractivity contribution < 1.29 is 4.79 Å². The van der Waals surface area contributed by atoms with Gasteiger partial charge in [-0.3, -0.25) is 4.79 Å². The fraction of sp³-hybridized carbons (Fsp3) is 0.200. The van der Waals surface area contributed by atoms with Gasteiger partial charge in [0.25, 0.3) is 0 Å². The highest BCUT2D eigenvalue weighted by molar-refractivity contribution is 7.80. The van der Waals surface area contributed by atoms with Gasteiger partial charge in [0.05, 0.1) is 6.04 Å². The molecule has 0 fully saturated rings. The molecule has 0 saturated heterocycles. The number of thiocarbonyl (C=S) groups is 1. The van der Waals surface area contributed by atoms with Crippen LogP contribution in [0.15, 0.2) is 47.7 Å². The van der Waals surface area contributed by atoms with Crippen LogP contribution in [0, 0.1) is 0 Å². The predicted octanol–water partition coefficient (Wildman–Crippen LogP) is 2.41. The van der Waals surface area contributed by atoms with Gasteiger partial charge in [0.1, 0.15) is 0 Å². The first-order chi connectivity index (χ1) is 9.08. The molecule has 1 heterocycles. The van der Waals surface area contributed by atoms with Crippen molar-refractivity contribution in [2.75, 3.05) is 0 Å². The van der Waals surface area contributed by atoms with Crippen LogP contribution in [0.4, 0.5) is 0 Å². The van der Waals surface area contributed by atoms with Crippen LogP contribution < -0.4 is 10.6 Å². The van der Waals surface area contributed by atoms with Gasteiger partial charge in [0, 0.05) is 11.3 Å². The second-order valence-corrected chi connectivity index (χ2v) is 4.85. The summed E-state index contributed by atoms with van der Waals surface area (Å²) in [4.78, 5) is 11.7. The molecule has 1 atom stereocenters. The average Bonchev–Trinajstić information content (AvgIpc) is 2.36. The second kappa shape index (κ2) is 5.80. The van der Waals surface area contributed by atoms with E-state index in [2.05, 4.69) is 10.6 Å². The molecule has 4 heteroatoms. The lowest BCUT2D eigenvalue weighted by Crippen LogP contribution is -2.48. The molecule has 0 amide bonds. The first-order valence-corrected chi connectivity index (χ1v) is 6.51. The third-order valence-corrected chi connectivity index (χ3v) is 3.18. The van der Waals surface area contributed by atoms with Crippen LogP contribution in [0.5, 0.6) is 0 Å². The Balaban J connectivity index is 2.27. The van der Waals surface area contributed by atoms with E-state index in [1.54, 1.807) is 6.92 Å². The summed E-state index contributed by atoms with van der Waals surface area (Å²) < 4.78 is 0. The number of nitrogens with one attached hydrogen (secondary N) is 2. The van der Waals surface area contributed by atoms with Gasteiger partial charge < -0.3 is 10.6 Å². The van der Waals surface area contributed by atoms with Gasteiger partial charge in [-0.2, -0.15) is 0 Å². The summed E-state index contributed by atoms with van der Waals surface area (Å²) in [5, 5.41) is 6.63. The highest BCUT2D eigenvalue weighted by atomic mass is 32.1. The van der Waals surface area contributed by atoms with Crippen LogP contribution in [-0.4, -0.2) is 16.9 Å². The zero-order valence-corrected chi connectivity index (χ0v) is 11.8. The van der Waals surface area contributed by atoms with Crippen molar-refractivity contribution in [2.45, 2.75) is 19.9 Å². The van der Waals surface area contributed by atoms with Gasteiger partial charge in [0.2, 0.25) is 0 Å². The number of Topliss-reactive ketones (excluding diaryl/α,β-unsaturated/α-hetero) is 1. The van der Waals surface area contributed by atoms with Gasteiger partial charge in [0.15, 0.2) is 10.9 Å². The summed E-state index contributed by atoms with van der Waals surface area (Å²) in [7, 11) is 0. The van der Waals surface area contributed by atoms with E-state index in [1.807, 2.05) is 49.4 Å². The molecule has 1 aromatic carbocycles. The lowest BCUT2D eigenvalue weighted by atomic mass is 9.98. The Kier molecular flexibility index (Phi) is 4.12. The van der Waals surface area contributed by atoms with E-state index in [1.165, 1.54) is 0 Å². The Labute approximate surface area is 118 Å². The van der Waals surface area contributed by atoms with Crippen LogP contribution in [-0.2, 0) is 4.79 Å². The summed E-state index contributed by atoms with van der Waals surface area (Å²) in [5.41, 5.74) is 2.63. The number of carbonyl (C=O) groups is 1. The molecule has 0 aromatic heterocycles. The molecule has 0 bridgehead atoms. The largest absolute Gasteiger partial charge is 0.352 e. The number of rotatable bonds is 3. The Hall–Kier alpha value is -1.94. The van der Waals surface area contributed by atoms with Crippen molar-refractivity contribution >= 4 is 29.2 Å². The predicted molar refractivity (Wildman–Crippen MR) is 81.5 cm³/mol. The zero-order chi connectivity index (χ0) is 13.8. The Morgan fingerprint density at radius 2 is 2.00 bits per heavy atom. The average molecular weight is 272 g/mol. The monoisotopic (exact) mass is 272 g/mol. The molecule has 0 aliphatic carbocycles. The van der Waals surface area contributed by atoms with Gasteiger partial charge in [-0.05, 0) is 31.6 Å². The second-order valence-electron chi connectivity index (χ2n) is 4.44. The first-order valence-electron chi connectivity index (χ1n) is 6.10. The van der Waals surface area contributed by atoms with Crippen LogP contribution >= 0.6 is 12.2 Å². The minimum absolute atomic E-state index is 0.0442. The van der Waals surface area contributed by atoms with E-state index in [4.69, 9.17) is 12.2 Å². The lowest BCUT2D eigenvalue weighted by Gasteiger charge is -2.27. The highest BCUT2D eigenvalue weighted by Gasteiger charge is 2.23. The van der Waals surface area contributed by atoms with Crippen LogP contribution in [0.3, 0.4) is 0 Å². The SMILES string of the molecule is CC(=O)C1=C(C)NC(=S)NC1/C=C/c1ccccc1. The van der Waals surface area contributed by atoms with E-state index in [0.717, 1.165) is 16.8 Å². The number of carbonyl (C=O) groups excluding carboxylic acids is 1. The lowest BCUT2D eigenvalue weighted by molar-refractivity contribution is -0.113. The molecule has 1 unspecified atom stereocenters. The van der Waals surface area contributed by atoms with E-state index in [-0.39, 0.29) is 11.8 Å². The summed E-state index contributed by atoms with van der Waals surface area (Å²) in [6, 6.07) is 9.78. The molecule has 2 rings (SSSR count). The summed E-state index contributed by atoms with van der Waals surface area (Å²) in [6.45, 7) is 3.44. The summed E-state index contributed by atoms with van der Waals surface area (Å²) in [5.74, 6) is 0.0442. The van der Waals surface area contributed by atoms with E-state index in [0.29, 0.717) is 5.11 Å². The maximum atomic E-state index is 11.7. The normalized spacial score (nSPS) is 19.3. The highest BCUT2D eigenvalue weighted by Crippen LogP contribution is 2.15. The van der Waals surface area contributed by atoms with Gasteiger partial charge in [-0.15, -0.1) is 0 Å². The van der Waals surface area contributed by atoms with Gasteiger partial charge >= 0.3 is 0 Å². The minimum Gasteiger partial charge on any atom is -0.352 e. The van der Waals surface area contributed by atoms with Gasteiger partial charge in [-0.25, -0.2) is 0 Å². The third kappa shape index (κ3) is 3.29. The Bertz CT molecular complexity index is 561. The van der Waals surface area contributed by atoms with Crippen molar-refractivity contribution in [1.29, 1.82) is 0 Å². The standard InChI is InChI=1S/C15H16N2OS/c1-10-14(11(2)18)13(17-15(19)16-10)9-8-12-6-4-3-5-7-12/h3-9,13H,1-2H3,(H2,16,17,19)/b9-8+. The number of benzene rings is 1. The molecule has 0 saturated carbocycles. The van der Waals surface area contributed by atoms with Crippen LogP contribution in [0.25, 0.3) is 6.08 Å². The van der Waals surface area contributed by atoms with E-state index in [9.17, 15) is 4.79 Å². The molecule has 19 heavy (non-hydrogen) atoms. The molecule has 1 aliphatic heterocycles. The van der Waals surface area contributed by atoms with Crippen molar-refractivity contribution in [3.63, 3.8) is 0 Å². The quantitative estimate of drug-likeness (QED) is 0.829. The number of allylic oxidation sites excluding steroid dienone is 1. The molecule has 0 radical (unpaired) electrons. The maximum absolute atomic E-state index is 11.7. The van der Waals surface area contributed by atoms with E-state index < -0.39 is 0 Å². The number of hydrogen-bond acceptors (Lipinski definition) is 2. The molecule has 98 valence electrons. The van der Waals surface area contributed by atoms with Crippen LogP contribution in [0.2, 0.25) is 0 Å². The number of hydrogen-bond donors (Lipinski definition) is 2. The Morgan fingerprint density at radius 1 is 1.32 bits per heavy atom. The fourth-order valence-corrected chi connectivity index (χ4v) is 2.40. The van der Waals surface area contributed by atoms with Crippen LogP contribution in [0.1, 0.15) is 19.4 Å². The summed E-state index contributed by atoms with van der Waals surface area (Å²) >= 11 is 5.13.